The summed E-state index contributed by atoms with van der Waals surface area (Å²) in [4.78, 5) is 27.8. The van der Waals surface area contributed by atoms with Crippen LogP contribution in [-0.2, 0) is 15.1 Å². The topological polar surface area (TPSA) is 100 Å². The summed E-state index contributed by atoms with van der Waals surface area (Å²) in [7, 11) is 1.73. The molecule has 1 saturated carbocycles. The van der Waals surface area contributed by atoms with Crippen LogP contribution in [0.1, 0.15) is 41.7 Å². The molecule has 1 aliphatic carbocycles. The number of hydrogen-bond acceptors (Lipinski definition) is 7. The molecule has 1 amide bonds. The molecule has 1 fully saturated rings. The number of aromatic nitrogens is 3. The van der Waals surface area contributed by atoms with Gasteiger partial charge < -0.3 is 20.1 Å². The Morgan fingerprint density at radius 3 is 2.75 bits per heavy atom. The van der Waals surface area contributed by atoms with Crippen LogP contribution in [0, 0.1) is 0 Å². The van der Waals surface area contributed by atoms with Crippen molar-refractivity contribution in [1.29, 1.82) is 0 Å². The Bertz CT molecular complexity index is 889. The van der Waals surface area contributed by atoms with Gasteiger partial charge in [-0.05, 0) is 45.2 Å². The van der Waals surface area contributed by atoms with Crippen molar-refractivity contribution in [3.63, 3.8) is 0 Å². The first-order valence-electron chi connectivity index (χ1n) is 9.51. The Hall–Kier alpha value is -2.58. The zero-order chi connectivity index (χ0) is 19.9. The summed E-state index contributed by atoms with van der Waals surface area (Å²) in [6.07, 6.45) is 6.34. The van der Waals surface area contributed by atoms with Crippen molar-refractivity contribution in [2.45, 2.75) is 50.9 Å². The third kappa shape index (κ3) is 3.57. The highest BCUT2D eigenvalue weighted by atomic mass is 16.5. The zero-order valence-electron chi connectivity index (χ0n) is 16.3. The predicted molar refractivity (Wildman–Crippen MR) is 109 cm³/mol. The minimum atomic E-state index is -0.999. The van der Waals surface area contributed by atoms with Gasteiger partial charge in [0.25, 0.3) is 0 Å². The second-order valence-corrected chi connectivity index (χ2v) is 7.92. The largest absolute Gasteiger partial charge is 0.384 e. The maximum absolute atomic E-state index is 12.1. The molecule has 0 unspecified atom stereocenters. The summed E-state index contributed by atoms with van der Waals surface area (Å²) < 4.78 is 5.49. The van der Waals surface area contributed by atoms with Crippen molar-refractivity contribution in [3.05, 3.63) is 30.2 Å². The number of nitrogens with one attached hydrogen (secondary N) is 1. The van der Waals surface area contributed by atoms with Gasteiger partial charge in [-0.2, -0.15) is 0 Å². The molecule has 2 aliphatic rings. The molecule has 4 rings (SSSR count). The fraction of sp³-hybridized carbons (Fsp3) is 0.500. The van der Waals surface area contributed by atoms with E-state index >= 15 is 0 Å². The van der Waals surface area contributed by atoms with Crippen LogP contribution in [0.4, 0.5) is 11.6 Å². The van der Waals surface area contributed by atoms with Crippen LogP contribution in [0.2, 0.25) is 0 Å². The number of fused-ring (bicyclic) bond motifs is 1. The van der Waals surface area contributed by atoms with Gasteiger partial charge in [-0.3, -0.25) is 9.78 Å². The molecule has 0 bridgehead atoms. The summed E-state index contributed by atoms with van der Waals surface area (Å²) in [6.45, 7) is 3.66. The Morgan fingerprint density at radius 2 is 2.11 bits per heavy atom. The summed E-state index contributed by atoms with van der Waals surface area (Å²) in [6, 6.07) is 3.87. The van der Waals surface area contributed by atoms with Gasteiger partial charge in [0, 0.05) is 27.8 Å². The summed E-state index contributed by atoms with van der Waals surface area (Å²) in [5, 5.41) is 12.9. The number of amides is 1. The van der Waals surface area contributed by atoms with Crippen LogP contribution < -0.4 is 10.2 Å². The maximum atomic E-state index is 12.1. The van der Waals surface area contributed by atoms with Crippen LogP contribution in [0.25, 0.3) is 11.3 Å². The van der Waals surface area contributed by atoms with Crippen LogP contribution >= 0.6 is 0 Å². The first kappa shape index (κ1) is 18.8. The fourth-order valence-corrected chi connectivity index (χ4v) is 3.83. The third-order valence-electron chi connectivity index (χ3n) is 5.41. The van der Waals surface area contributed by atoms with Gasteiger partial charge in [-0.25, -0.2) is 9.97 Å². The van der Waals surface area contributed by atoms with Crippen LogP contribution in [0.5, 0.6) is 0 Å². The highest BCUT2D eigenvalue weighted by molar-refractivity contribution is 5.99. The highest BCUT2D eigenvalue weighted by Crippen LogP contribution is 2.35. The molecule has 8 nitrogen and oxygen atoms in total. The average Bonchev–Trinajstić information content (AvgIpc) is 3.15. The smallest absolute Gasteiger partial charge is 0.245 e. The lowest BCUT2D eigenvalue weighted by molar-refractivity contribution is -0.115. The molecule has 8 heteroatoms. The first-order chi connectivity index (χ1) is 13.3. The van der Waals surface area contributed by atoms with E-state index in [0.29, 0.717) is 23.0 Å². The molecule has 0 saturated heterocycles. The van der Waals surface area contributed by atoms with E-state index in [2.05, 4.69) is 15.3 Å². The van der Waals surface area contributed by atoms with Crippen molar-refractivity contribution in [2.75, 3.05) is 23.9 Å². The molecular weight excluding hydrogens is 358 g/mol. The van der Waals surface area contributed by atoms with Crippen molar-refractivity contribution in [3.8, 4) is 11.3 Å². The minimum Gasteiger partial charge on any atom is -0.384 e. The number of pyridine rings is 1. The van der Waals surface area contributed by atoms with Crippen LogP contribution in [0.3, 0.4) is 0 Å². The monoisotopic (exact) mass is 387 g/mol. The predicted octanol–water partition coefficient (Wildman–Crippen LogP) is 2.58. The molecule has 152 valence electrons. The lowest BCUT2D eigenvalue weighted by Gasteiger charge is -2.34. The van der Waals surface area contributed by atoms with Gasteiger partial charge in [0.05, 0.1) is 30.2 Å². The zero-order valence-corrected chi connectivity index (χ0v) is 16.3. The standard InChI is InChI=1S/C20H25N5O3.2H2/c1-20(2,27)16-7-4-12(9-21-16)15-10-22-18-19(23-15)25(11-17(26)24-18)13-5-6-14(8-13)28-3;;/h4,7,9-10,13-14,27H,5-6,8,11H2,1-3H3,(H,22,24,26);2*1H/t13-,14-;;/m0../s1. The molecule has 1 aliphatic heterocycles. The Labute approximate surface area is 166 Å². The fourth-order valence-electron chi connectivity index (χ4n) is 3.83. The second-order valence-electron chi connectivity index (χ2n) is 7.92. The number of rotatable bonds is 4. The first-order valence-corrected chi connectivity index (χ1v) is 9.51. The highest BCUT2D eigenvalue weighted by Gasteiger charge is 2.35. The summed E-state index contributed by atoms with van der Waals surface area (Å²) >= 11 is 0. The normalized spacial score (nSPS) is 22.1. The maximum Gasteiger partial charge on any atom is 0.245 e. The molecule has 0 aromatic carbocycles. The van der Waals surface area contributed by atoms with E-state index < -0.39 is 5.60 Å². The number of carbonyl (C=O) groups is 1. The van der Waals surface area contributed by atoms with Gasteiger partial charge in [0.15, 0.2) is 11.6 Å². The SMILES string of the molecule is CO[C@H]1CC[C@H](N2CC(=O)Nc3ncc(-c4ccc(C(C)(C)O)nc4)nc32)C1.[HH].[HH]. The lowest BCUT2D eigenvalue weighted by Crippen LogP contribution is -2.44. The Morgan fingerprint density at radius 1 is 1.29 bits per heavy atom. The van der Waals surface area contributed by atoms with E-state index in [0.717, 1.165) is 24.8 Å². The van der Waals surface area contributed by atoms with Crippen LogP contribution in [0.15, 0.2) is 24.5 Å². The molecule has 28 heavy (non-hydrogen) atoms. The van der Waals surface area contributed by atoms with Gasteiger partial charge in [-0.1, -0.05) is 0 Å². The number of anilines is 2. The number of hydrogen-bond donors (Lipinski definition) is 2. The molecule has 0 spiro atoms. The van der Waals surface area contributed by atoms with Crippen molar-refractivity contribution < 1.29 is 17.5 Å². The number of aliphatic hydroxyl groups is 1. The molecule has 2 atom stereocenters. The van der Waals surface area contributed by atoms with Gasteiger partial charge in [-0.15, -0.1) is 0 Å². The number of carbonyl (C=O) groups excluding carboxylic acids is 1. The third-order valence-corrected chi connectivity index (χ3v) is 5.41. The molecular formula is C20H29N5O3. The summed E-state index contributed by atoms with van der Waals surface area (Å²) in [5.74, 6) is 1.10. The van der Waals surface area contributed by atoms with Crippen molar-refractivity contribution in [2.24, 2.45) is 0 Å². The van der Waals surface area contributed by atoms with Gasteiger partial charge in [0.2, 0.25) is 5.91 Å². The number of nitrogens with zero attached hydrogens (tertiary/aromatic N) is 4. The molecule has 3 heterocycles. The van der Waals surface area contributed by atoms with Crippen molar-refractivity contribution in [1.82, 2.24) is 15.0 Å². The molecule has 2 aromatic heterocycles. The summed E-state index contributed by atoms with van der Waals surface area (Å²) in [5.41, 5.74) is 1.08. The van der Waals surface area contributed by atoms with E-state index in [4.69, 9.17) is 9.72 Å². The molecule has 0 radical (unpaired) electrons. The molecule has 2 aromatic rings. The Balaban J connectivity index is 0.00000160. The second kappa shape index (κ2) is 7.10. The lowest BCUT2D eigenvalue weighted by atomic mass is 10.0. The average molecular weight is 387 g/mol. The van der Waals surface area contributed by atoms with Crippen LogP contribution in [-0.4, -0.2) is 51.8 Å². The quantitative estimate of drug-likeness (QED) is 0.831. The van der Waals surface area contributed by atoms with Gasteiger partial charge >= 0.3 is 0 Å². The minimum absolute atomic E-state index is 0. The van der Waals surface area contributed by atoms with E-state index in [9.17, 15) is 9.90 Å². The van der Waals surface area contributed by atoms with E-state index in [1.54, 1.807) is 39.4 Å². The molecule has 2 N–H and O–H groups in total. The number of ether oxygens (including phenoxy) is 1. The van der Waals surface area contributed by atoms with E-state index in [-0.39, 0.29) is 27.5 Å². The van der Waals surface area contributed by atoms with Crippen molar-refractivity contribution >= 4 is 17.5 Å². The van der Waals surface area contributed by atoms with E-state index in [1.165, 1.54) is 0 Å². The van der Waals surface area contributed by atoms with Gasteiger partial charge in [0.1, 0.15) is 5.60 Å². The Kier molecular flexibility index (Phi) is 4.76. The number of methoxy groups -OCH3 is 1. The van der Waals surface area contributed by atoms with E-state index in [1.807, 2.05) is 11.0 Å².